The van der Waals surface area contributed by atoms with Crippen molar-refractivity contribution in [2.75, 3.05) is 49.2 Å². The number of halogens is 2. The van der Waals surface area contributed by atoms with Gasteiger partial charge < -0.3 is 24.4 Å². The van der Waals surface area contributed by atoms with Crippen LogP contribution in [0.25, 0.3) is 5.69 Å². The van der Waals surface area contributed by atoms with Gasteiger partial charge in [0.2, 0.25) is 0 Å². The van der Waals surface area contributed by atoms with Gasteiger partial charge in [0.05, 0.1) is 43.1 Å². The van der Waals surface area contributed by atoms with E-state index in [4.69, 9.17) is 15.0 Å². The van der Waals surface area contributed by atoms with Crippen molar-refractivity contribution < 1.29 is 28.8 Å². The fraction of sp³-hybridized carbons (Fsp3) is 0.405. The van der Waals surface area contributed by atoms with Crippen LogP contribution in [-0.4, -0.2) is 79.7 Å². The Labute approximate surface area is 300 Å². The summed E-state index contributed by atoms with van der Waals surface area (Å²) in [6, 6.07) is 9.36. The molecular weight excluding hydrogens is 658 g/mol. The number of anilines is 2. The topological polar surface area (TPSA) is 116 Å². The van der Waals surface area contributed by atoms with Crippen molar-refractivity contribution in [3.05, 3.63) is 113 Å². The van der Waals surface area contributed by atoms with Crippen LogP contribution in [-0.2, 0) is 16.9 Å². The third-order valence-corrected chi connectivity index (χ3v) is 9.64. The first kappa shape index (κ1) is 29.6. The van der Waals surface area contributed by atoms with Crippen molar-refractivity contribution in [1.82, 2.24) is 29.1 Å². The van der Waals surface area contributed by atoms with Crippen molar-refractivity contribution in [2.24, 2.45) is 5.92 Å². The number of rotatable bonds is 12. The van der Waals surface area contributed by atoms with Gasteiger partial charge in [0.25, 0.3) is 0 Å². The number of benzene rings is 3. The minimum Gasteiger partial charge on any atom is -0.493 e. The molecule has 7 rings (SSSR count). The molecule has 2 aromatic heterocycles. The van der Waals surface area contributed by atoms with Crippen LogP contribution >= 0.6 is 0 Å². The maximum absolute atomic E-state index is 15.1. The molecule has 2 saturated heterocycles. The maximum Gasteiger partial charge on any atom is 0.350 e. The van der Waals surface area contributed by atoms with Crippen molar-refractivity contribution in [2.45, 2.75) is 51.0 Å². The number of hydrogen-bond donors (Lipinski definition) is 1. The Kier molecular flexibility index (Phi) is 8.51. The highest BCUT2D eigenvalue weighted by Crippen LogP contribution is 2.42. The number of aliphatic hydroxyl groups is 1. The summed E-state index contributed by atoms with van der Waals surface area (Å²) in [5, 5.41) is 18.4. The van der Waals surface area contributed by atoms with Crippen LogP contribution in [0.15, 0.2) is 90.4 Å². The molecule has 12 nitrogen and oxygen atoms in total. The van der Waals surface area contributed by atoms with Crippen LogP contribution in [0.5, 0.6) is 5.75 Å². The van der Waals surface area contributed by atoms with Gasteiger partial charge >= 0.3 is 5.69 Å². The highest BCUT2D eigenvalue weighted by Gasteiger charge is 2.44. The average Bonchev–Trinajstić information content (AvgIpc) is 3.93. The van der Waals surface area contributed by atoms with Crippen molar-refractivity contribution in [3.63, 3.8) is 0 Å². The normalized spacial score (nSPS) is 21.5. The Balaban J connectivity index is 1.01. The molecule has 4 atom stereocenters. The molecular formula is C37H42F2N8O4. The van der Waals surface area contributed by atoms with Crippen LogP contribution < -0.4 is 20.2 Å². The molecule has 3 aromatic carbocycles. The van der Waals surface area contributed by atoms with Gasteiger partial charge in [-0.25, -0.2) is 32.5 Å². The van der Waals surface area contributed by atoms with Crippen molar-refractivity contribution in [3.8, 4) is 11.4 Å². The van der Waals surface area contributed by atoms with Crippen LogP contribution in [0.2, 0.25) is 0 Å². The monoisotopic (exact) mass is 704 g/mol. The number of hydrogen-bond acceptors (Lipinski definition) is 9. The molecule has 2 aliphatic heterocycles. The predicted molar refractivity (Wildman–Crippen MR) is 187 cm³/mol. The second-order valence-electron chi connectivity index (χ2n) is 13.0. The lowest BCUT2D eigenvalue weighted by molar-refractivity contribution is -0.0206. The summed E-state index contributed by atoms with van der Waals surface area (Å²) in [4.78, 5) is 21.0. The third kappa shape index (κ3) is 7.24. The summed E-state index contributed by atoms with van der Waals surface area (Å²) in [6.07, 6.45) is 4.37. The lowest BCUT2D eigenvalue weighted by Gasteiger charge is -2.37. The van der Waals surface area contributed by atoms with Gasteiger partial charge in [0, 0.05) is 55.1 Å². The predicted octanol–water partition coefficient (Wildman–Crippen LogP) is 4.57. The molecule has 2 fully saturated rings. The van der Waals surface area contributed by atoms with E-state index in [9.17, 15) is 14.3 Å². The van der Waals surface area contributed by atoms with Gasteiger partial charge in [-0.15, -0.1) is 0 Å². The minimum atomic E-state index is -1.20. The quantitative estimate of drug-likeness (QED) is 0.200. The van der Waals surface area contributed by atoms with Crippen LogP contribution in [0.3, 0.4) is 0 Å². The summed E-state index contributed by atoms with van der Waals surface area (Å²) >= 11 is 0. The summed E-state index contributed by atoms with van der Waals surface area (Å²) in [6.45, 7) is 5.74. The van der Waals surface area contributed by atoms with Crippen LogP contribution in [0.4, 0.5) is 20.2 Å². The molecule has 0 radical (unpaired) electrons. The Bertz CT molecular complexity index is 2170. The number of piperazine rings is 1. The van der Waals surface area contributed by atoms with E-state index in [1.807, 2.05) is 36.1 Å². The largest absolute Gasteiger partial charge is 0.493 e. The van der Waals surface area contributed by atoms with E-state index in [1.54, 1.807) is 6.92 Å². The van der Waals surface area contributed by atoms with E-state index >= 15 is 4.39 Å². The first-order valence-corrected chi connectivity index (χ1v) is 17.0. The molecule has 268 valence electrons. The van der Waals surface area contributed by atoms with E-state index in [2.05, 4.69) is 20.1 Å². The third-order valence-electron chi connectivity index (χ3n) is 9.64. The van der Waals surface area contributed by atoms with Gasteiger partial charge in [-0.2, -0.15) is 10.2 Å². The number of nitrogens with zero attached hydrogens (tertiary/aromatic N) is 8. The second kappa shape index (κ2) is 14.6. The Morgan fingerprint density at radius 2 is 1.71 bits per heavy atom. The zero-order chi connectivity index (χ0) is 39.0. The lowest BCUT2D eigenvalue weighted by atomic mass is 9.87. The van der Waals surface area contributed by atoms with Gasteiger partial charge in [-0.05, 0) is 74.3 Å². The smallest absolute Gasteiger partial charge is 0.350 e. The summed E-state index contributed by atoms with van der Waals surface area (Å²) in [5.41, 5.74) is 0.378. The fourth-order valence-electron chi connectivity index (χ4n) is 6.96. The van der Waals surface area contributed by atoms with Crippen molar-refractivity contribution in [1.29, 1.82) is 0 Å². The highest BCUT2D eigenvalue weighted by atomic mass is 19.1. The molecule has 2 aliphatic rings. The zero-order valence-corrected chi connectivity index (χ0v) is 28.4. The van der Waals surface area contributed by atoms with Crippen LogP contribution in [0, 0.1) is 17.6 Å². The van der Waals surface area contributed by atoms with Gasteiger partial charge in [0.15, 0.2) is 0 Å². The Hall–Kier alpha value is -5.08. The first-order valence-electron chi connectivity index (χ1n) is 19.0. The van der Waals surface area contributed by atoms with Crippen LogP contribution in [0.1, 0.15) is 43.8 Å². The lowest BCUT2D eigenvalue weighted by Crippen LogP contribution is -2.46. The number of aromatic nitrogens is 6. The van der Waals surface area contributed by atoms with E-state index in [0.29, 0.717) is 38.3 Å². The van der Waals surface area contributed by atoms with Gasteiger partial charge in [0.1, 0.15) is 42.0 Å². The van der Waals surface area contributed by atoms with Gasteiger partial charge in [-0.1, -0.05) is 13.0 Å². The minimum absolute atomic E-state index is 0.0204. The zero-order valence-electron chi connectivity index (χ0n) is 32.4. The second-order valence-corrected chi connectivity index (χ2v) is 13.0. The summed E-state index contributed by atoms with van der Waals surface area (Å²) in [7, 11) is 0. The van der Waals surface area contributed by atoms with E-state index in [1.165, 1.54) is 45.0 Å². The molecule has 0 bridgehead atoms. The summed E-state index contributed by atoms with van der Waals surface area (Å²) < 4.78 is 80.5. The SMILES string of the molecule is [2H]c1c([2H])c(N2CCN(c3ccc(-n4cnn([C@@H](CC)[C@H](C)O)c4=O)cc3)CC2)c([2H])c([2H])c1OC[C@@H]1CO[C@@](Cn2cncn2)(c2ccc(F)cc2F)C1. The molecule has 1 N–H and O–H groups in total. The summed E-state index contributed by atoms with van der Waals surface area (Å²) in [5.74, 6) is -1.97. The molecule has 0 spiro atoms. The molecule has 0 saturated carbocycles. The maximum atomic E-state index is 15.1. The van der Waals surface area contributed by atoms with E-state index in [-0.39, 0.29) is 79.0 Å². The van der Waals surface area contributed by atoms with E-state index in [0.717, 1.165) is 11.8 Å². The molecule has 14 heteroatoms. The average molecular weight is 705 g/mol. The molecule has 0 aliphatic carbocycles. The molecule has 0 unspecified atom stereocenters. The number of ether oxygens (including phenoxy) is 2. The first-order chi connectivity index (χ1) is 26.4. The molecule has 0 amide bonds. The number of aliphatic hydroxyl groups excluding tert-OH is 1. The highest BCUT2D eigenvalue weighted by molar-refractivity contribution is 5.54. The van der Waals surface area contributed by atoms with E-state index < -0.39 is 29.4 Å². The van der Waals surface area contributed by atoms with Crippen molar-refractivity contribution >= 4 is 11.4 Å². The molecule has 4 heterocycles. The molecule has 5 aromatic rings. The fourth-order valence-corrected chi connectivity index (χ4v) is 6.96. The Morgan fingerprint density at radius 1 is 1.00 bits per heavy atom. The Morgan fingerprint density at radius 3 is 2.35 bits per heavy atom. The van der Waals surface area contributed by atoms with Gasteiger partial charge in [-0.3, -0.25) is 0 Å². The standard InChI is InChI=1S/C37H42F2N8O4/c1-3-35(26(2)48)47-36(49)46(25-42-47)31-7-5-29(6-8-31)43-14-16-44(17-15-43)30-9-11-32(12-10-30)50-20-27-19-37(51-21-27,22-45-24-40-23-41-45)33-13-4-28(38)18-34(33)39/h4-13,18,23-27,35,48H,3,14-17,19-22H2,1-2H3/t26-,27+,35-,37-/m0/s1/i9D,10D,11D,12D. The molecule has 51 heavy (non-hydrogen) atoms.